The van der Waals surface area contributed by atoms with E-state index in [1.807, 2.05) is 6.92 Å². The number of hydrogen-bond donors (Lipinski definition) is 0. The molecular weight excluding hydrogens is 271 g/mol. The van der Waals surface area contributed by atoms with Crippen molar-refractivity contribution in [3.8, 4) is 11.5 Å². The van der Waals surface area contributed by atoms with E-state index in [9.17, 15) is 4.79 Å². The lowest BCUT2D eigenvalue weighted by Crippen LogP contribution is -1.90. The zero-order chi connectivity index (χ0) is 13.1. The van der Waals surface area contributed by atoms with Gasteiger partial charge in [0, 0.05) is 5.56 Å². The van der Waals surface area contributed by atoms with Crippen molar-refractivity contribution in [2.24, 2.45) is 0 Å². The van der Waals surface area contributed by atoms with Crippen LogP contribution >= 0.6 is 23.2 Å². The van der Waals surface area contributed by atoms with E-state index in [-0.39, 0.29) is 0 Å². The van der Waals surface area contributed by atoms with Crippen LogP contribution in [0.15, 0.2) is 36.4 Å². The third-order valence-corrected chi connectivity index (χ3v) is 3.27. The summed E-state index contributed by atoms with van der Waals surface area (Å²) in [6.45, 7) is 1.86. The molecule has 0 aliphatic rings. The van der Waals surface area contributed by atoms with Gasteiger partial charge in [-0.05, 0) is 42.8 Å². The van der Waals surface area contributed by atoms with Crippen molar-refractivity contribution in [3.63, 3.8) is 0 Å². The van der Waals surface area contributed by atoms with E-state index in [1.54, 1.807) is 36.4 Å². The second-order valence-electron chi connectivity index (χ2n) is 3.80. The van der Waals surface area contributed by atoms with E-state index in [4.69, 9.17) is 27.9 Å². The van der Waals surface area contributed by atoms with Crippen LogP contribution < -0.4 is 4.74 Å². The van der Waals surface area contributed by atoms with Crippen molar-refractivity contribution in [3.05, 3.63) is 57.6 Å². The molecule has 2 aromatic rings. The molecule has 2 rings (SSSR count). The van der Waals surface area contributed by atoms with Gasteiger partial charge in [0.05, 0.1) is 5.02 Å². The van der Waals surface area contributed by atoms with Crippen molar-refractivity contribution in [1.29, 1.82) is 0 Å². The lowest BCUT2D eigenvalue weighted by atomic mass is 10.1. The Kier molecular flexibility index (Phi) is 3.90. The Balaban J connectivity index is 2.34. The summed E-state index contributed by atoms with van der Waals surface area (Å²) < 4.78 is 5.69. The average molecular weight is 281 g/mol. The fourth-order valence-corrected chi connectivity index (χ4v) is 1.87. The van der Waals surface area contributed by atoms with E-state index in [0.29, 0.717) is 27.1 Å². The first-order valence-corrected chi connectivity index (χ1v) is 6.05. The van der Waals surface area contributed by atoms with E-state index in [2.05, 4.69) is 0 Å². The Labute approximate surface area is 115 Å². The molecule has 0 saturated carbocycles. The lowest BCUT2D eigenvalue weighted by molar-refractivity contribution is 0.112. The third-order valence-electron chi connectivity index (χ3n) is 2.47. The molecule has 92 valence electrons. The van der Waals surface area contributed by atoms with Crippen LogP contribution in [0, 0.1) is 6.92 Å². The van der Waals surface area contributed by atoms with E-state index in [1.165, 1.54) is 0 Å². The van der Waals surface area contributed by atoms with Gasteiger partial charge in [0.25, 0.3) is 0 Å². The van der Waals surface area contributed by atoms with Gasteiger partial charge in [-0.25, -0.2) is 0 Å². The monoisotopic (exact) mass is 280 g/mol. The molecule has 0 spiro atoms. The maximum atomic E-state index is 10.6. The van der Waals surface area contributed by atoms with E-state index >= 15 is 0 Å². The van der Waals surface area contributed by atoms with Gasteiger partial charge in [-0.2, -0.15) is 0 Å². The minimum atomic E-state index is 0.373. The molecule has 0 bridgehead atoms. The topological polar surface area (TPSA) is 26.3 Å². The number of aryl methyl sites for hydroxylation is 1. The first kappa shape index (κ1) is 12.9. The Hall–Kier alpha value is -1.51. The van der Waals surface area contributed by atoms with Crippen LogP contribution in [0.4, 0.5) is 0 Å². The van der Waals surface area contributed by atoms with E-state index < -0.39 is 0 Å². The largest absolute Gasteiger partial charge is 0.455 e. The number of benzene rings is 2. The van der Waals surface area contributed by atoms with Gasteiger partial charge < -0.3 is 4.74 Å². The third kappa shape index (κ3) is 2.66. The van der Waals surface area contributed by atoms with Gasteiger partial charge in [-0.1, -0.05) is 29.3 Å². The maximum Gasteiger partial charge on any atom is 0.150 e. The van der Waals surface area contributed by atoms with Crippen molar-refractivity contribution < 1.29 is 9.53 Å². The van der Waals surface area contributed by atoms with Gasteiger partial charge in [-0.3, -0.25) is 4.79 Å². The molecule has 0 radical (unpaired) electrons. The molecule has 0 heterocycles. The molecule has 0 aliphatic heterocycles. The van der Waals surface area contributed by atoms with Crippen molar-refractivity contribution in [2.45, 2.75) is 6.92 Å². The number of rotatable bonds is 3. The molecular formula is C14H10Cl2O2. The number of halogens is 2. The Morgan fingerprint density at radius 3 is 2.56 bits per heavy atom. The number of ether oxygens (including phenoxy) is 1. The second-order valence-corrected chi connectivity index (χ2v) is 4.58. The molecule has 0 aromatic heterocycles. The maximum absolute atomic E-state index is 10.6. The molecule has 0 aliphatic carbocycles. The van der Waals surface area contributed by atoms with Crippen molar-refractivity contribution in [1.82, 2.24) is 0 Å². The fourth-order valence-electron chi connectivity index (χ4n) is 1.54. The molecule has 0 N–H and O–H groups in total. The molecule has 2 nitrogen and oxygen atoms in total. The van der Waals surface area contributed by atoms with Crippen LogP contribution in [0.3, 0.4) is 0 Å². The van der Waals surface area contributed by atoms with Gasteiger partial charge >= 0.3 is 0 Å². The molecule has 0 amide bonds. The highest BCUT2D eigenvalue weighted by Gasteiger charge is 2.08. The first-order chi connectivity index (χ1) is 8.61. The minimum Gasteiger partial charge on any atom is -0.455 e. The quantitative estimate of drug-likeness (QED) is 0.747. The summed E-state index contributed by atoms with van der Waals surface area (Å²) in [7, 11) is 0. The molecule has 4 heteroatoms. The SMILES string of the molecule is Cc1cc(C=O)ccc1Oc1cccc(Cl)c1Cl. The van der Waals surface area contributed by atoms with Gasteiger partial charge in [0.1, 0.15) is 22.8 Å². The van der Waals surface area contributed by atoms with Crippen LogP contribution in [0.5, 0.6) is 11.5 Å². The normalized spacial score (nSPS) is 10.2. The average Bonchev–Trinajstić information content (AvgIpc) is 2.37. The molecule has 0 fully saturated rings. The summed E-state index contributed by atoms with van der Waals surface area (Å²) >= 11 is 12.0. The van der Waals surface area contributed by atoms with E-state index in [0.717, 1.165) is 11.8 Å². The van der Waals surface area contributed by atoms with Gasteiger partial charge in [0.15, 0.2) is 0 Å². The highest BCUT2D eigenvalue weighted by Crippen LogP contribution is 2.35. The van der Waals surface area contributed by atoms with Gasteiger partial charge in [0.2, 0.25) is 0 Å². The first-order valence-electron chi connectivity index (χ1n) is 5.29. The summed E-state index contributed by atoms with van der Waals surface area (Å²) in [6.07, 6.45) is 0.795. The number of aldehydes is 1. The standard InChI is InChI=1S/C14H10Cl2O2/c1-9-7-10(8-17)5-6-12(9)18-13-4-2-3-11(15)14(13)16/h2-8H,1H3. The molecule has 0 saturated heterocycles. The number of carbonyl (C=O) groups is 1. The van der Waals surface area contributed by atoms with Crippen LogP contribution in [0.1, 0.15) is 15.9 Å². The van der Waals surface area contributed by atoms with Crippen LogP contribution in [0.2, 0.25) is 10.0 Å². The smallest absolute Gasteiger partial charge is 0.150 e. The van der Waals surface area contributed by atoms with Crippen molar-refractivity contribution >= 4 is 29.5 Å². The van der Waals surface area contributed by atoms with Crippen LogP contribution in [-0.4, -0.2) is 6.29 Å². The van der Waals surface area contributed by atoms with Crippen molar-refractivity contribution in [2.75, 3.05) is 0 Å². The molecule has 2 aromatic carbocycles. The Morgan fingerprint density at radius 2 is 1.89 bits per heavy atom. The number of carbonyl (C=O) groups excluding carboxylic acids is 1. The zero-order valence-corrected chi connectivity index (χ0v) is 11.1. The number of hydrogen-bond acceptors (Lipinski definition) is 2. The highest BCUT2D eigenvalue weighted by atomic mass is 35.5. The molecule has 18 heavy (non-hydrogen) atoms. The highest BCUT2D eigenvalue weighted by molar-refractivity contribution is 6.42. The van der Waals surface area contributed by atoms with Crippen LogP contribution in [-0.2, 0) is 0 Å². The fraction of sp³-hybridized carbons (Fsp3) is 0.0714. The summed E-state index contributed by atoms with van der Waals surface area (Å²) in [6, 6.07) is 10.4. The summed E-state index contributed by atoms with van der Waals surface area (Å²) in [5.41, 5.74) is 1.47. The Bertz CT molecular complexity index is 594. The zero-order valence-electron chi connectivity index (χ0n) is 9.61. The minimum absolute atomic E-state index is 0.373. The predicted octanol–water partition coefficient (Wildman–Crippen LogP) is 4.91. The molecule has 0 unspecified atom stereocenters. The Morgan fingerprint density at radius 1 is 1.11 bits per heavy atom. The summed E-state index contributed by atoms with van der Waals surface area (Å²) in [4.78, 5) is 10.6. The summed E-state index contributed by atoms with van der Waals surface area (Å²) in [5, 5.41) is 0.814. The summed E-state index contributed by atoms with van der Waals surface area (Å²) in [5.74, 6) is 1.14. The predicted molar refractivity (Wildman–Crippen MR) is 73.1 cm³/mol. The molecule has 0 atom stereocenters. The lowest BCUT2D eigenvalue weighted by Gasteiger charge is -2.10. The second kappa shape index (κ2) is 5.42. The van der Waals surface area contributed by atoms with Crippen LogP contribution in [0.25, 0.3) is 0 Å². The van der Waals surface area contributed by atoms with Gasteiger partial charge in [-0.15, -0.1) is 0 Å².